The fourth-order valence-corrected chi connectivity index (χ4v) is 2.47. The normalized spacial score (nSPS) is 10.2. The first kappa shape index (κ1) is 13.9. The van der Waals surface area contributed by atoms with Crippen molar-refractivity contribution in [1.29, 1.82) is 10.5 Å². The lowest BCUT2D eigenvalue weighted by molar-refractivity contribution is 1.48. The third kappa shape index (κ3) is 2.72. The second kappa shape index (κ2) is 5.22. The van der Waals surface area contributed by atoms with Crippen LogP contribution in [0.1, 0.15) is 16.7 Å². The lowest BCUT2D eigenvalue weighted by Gasteiger charge is -2.07. The first-order valence-corrected chi connectivity index (χ1v) is 9.85. The molecule has 0 atom stereocenters. The van der Waals surface area contributed by atoms with Gasteiger partial charge in [0.05, 0.1) is 23.3 Å². The minimum atomic E-state index is -1.46. The number of nitriles is 2. The molecule has 0 amide bonds. The van der Waals surface area contributed by atoms with Gasteiger partial charge < -0.3 is 0 Å². The van der Waals surface area contributed by atoms with Gasteiger partial charge in [-0.2, -0.15) is 10.5 Å². The molecule has 20 heavy (non-hydrogen) atoms. The number of nitrogens with zero attached hydrogens (tertiary/aromatic N) is 2. The van der Waals surface area contributed by atoms with Crippen molar-refractivity contribution in [3.05, 3.63) is 47.0 Å². The molecule has 0 fully saturated rings. The zero-order valence-electron chi connectivity index (χ0n) is 11.8. The molecule has 0 heterocycles. The van der Waals surface area contributed by atoms with Gasteiger partial charge in [0.1, 0.15) is 8.07 Å². The topological polar surface area (TPSA) is 47.6 Å². The third-order valence-electron chi connectivity index (χ3n) is 2.85. The molecule has 2 aromatic rings. The molecule has 0 aromatic heterocycles. The monoisotopic (exact) mass is 274 g/mol. The summed E-state index contributed by atoms with van der Waals surface area (Å²) in [6, 6.07) is 13.4. The zero-order valence-corrected chi connectivity index (χ0v) is 12.8. The summed E-state index contributed by atoms with van der Waals surface area (Å²) < 4.78 is 0. The summed E-state index contributed by atoms with van der Waals surface area (Å²) >= 11 is 0. The fraction of sp³-hybridized carbons (Fsp3) is 0.176. The van der Waals surface area contributed by atoms with Crippen LogP contribution in [0.4, 0.5) is 0 Å². The van der Waals surface area contributed by atoms with Gasteiger partial charge in [-0.25, -0.2) is 0 Å². The largest absolute Gasteiger partial charge is 0.192 e. The van der Waals surface area contributed by atoms with Crippen LogP contribution in [-0.4, -0.2) is 8.07 Å². The first-order valence-electron chi connectivity index (χ1n) is 6.35. The van der Waals surface area contributed by atoms with Crippen LogP contribution in [-0.2, 0) is 0 Å². The number of hydrogen-bond donors (Lipinski definition) is 0. The Kier molecular flexibility index (Phi) is 3.62. The Bertz CT molecular complexity index is 798. The highest BCUT2D eigenvalue weighted by molar-refractivity contribution is 6.83. The maximum atomic E-state index is 9.22. The van der Waals surface area contributed by atoms with Crippen molar-refractivity contribution in [2.24, 2.45) is 0 Å². The molecule has 3 heteroatoms. The van der Waals surface area contributed by atoms with E-state index in [-0.39, 0.29) is 0 Å². The quantitative estimate of drug-likeness (QED) is 0.541. The summed E-state index contributed by atoms with van der Waals surface area (Å²) in [6.07, 6.45) is 0. The smallest absolute Gasteiger partial charge is 0.129 e. The van der Waals surface area contributed by atoms with Crippen molar-refractivity contribution < 1.29 is 0 Å². The predicted octanol–water partition coefficient (Wildman–Crippen LogP) is 3.81. The molecule has 96 valence electrons. The Balaban J connectivity index is 2.81. The van der Waals surface area contributed by atoms with Gasteiger partial charge in [-0.05, 0) is 23.6 Å². The molecule has 0 aliphatic carbocycles. The first-order chi connectivity index (χ1) is 9.46. The van der Waals surface area contributed by atoms with Crippen LogP contribution in [0.25, 0.3) is 10.8 Å². The van der Waals surface area contributed by atoms with Gasteiger partial charge in [-0.1, -0.05) is 37.7 Å². The van der Waals surface area contributed by atoms with Gasteiger partial charge >= 0.3 is 0 Å². The maximum absolute atomic E-state index is 9.22. The van der Waals surface area contributed by atoms with Crippen LogP contribution >= 0.6 is 0 Å². The summed E-state index contributed by atoms with van der Waals surface area (Å²) in [5.41, 5.74) is 5.26. The van der Waals surface area contributed by atoms with Crippen LogP contribution in [0.15, 0.2) is 30.3 Å². The van der Waals surface area contributed by atoms with Crippen molar-refractivity contribution in [2.45, 2.75) is 19.6 Å². The molecule has 0 bridgehead atoms. The van der Waals surface area contributed by atoms with E-state index in [0.29, 0.717) is 16.5 Å². The van der Waals surface area contributed by atoms with Gasteiger partial charge in [0.25, 0.3) is 0 Å². The molecule has 0 saturated carbocycles. The summed E-state index contributed by atoms with van der Waals surface area (Å²) in [6.45, 7) is 6.56. The number of rotatable bonds is 0. The second-order valence-corrected chi connectivity index (χ2v) is 10.4. The molecular weight excluding hydrogens is 260 g/mol. The molecule has 0 radical (unpaired) electrons. The summed E-state index contributed by atoms with van der Waals surface area (Å²) in [4.78, 5) is 0. The molecule has 2 nitrogen and oxygen atoms in total. The summed E-state index contributed by atoms with van der Waals surface area (Å²) in [5.74, 6) is 3.22. The summed E-state index contributed by atoms with van der Waals surface area (Å²) in [7, 11) is -1.46. The Morgan fingerprint density at radius 2 is 1.45 bits per heavy atom. The number of hydrogen-bond acceptors (Lipinski definition) is 2. The molecular formula is C17H14N2Si. The minimum absolute atomic E-state index is 0.524. The molecule has 2 aromatic carbocycles. The van der Waals surface area contributed by atoms with E-state index in [1.54, 1.807) is 12.1 Å². The standard InChI is InChI=1S/C17H14N2Si/c1-20(2,3)10-9-13-7-8-15(12-19)17-14(11-18)5-4-6-16(13)17/h4-8H,1-3H3. The molecule has 0 saturated heterocycles. The van der Waals surface area contributed by atoms with Gasteiger partial charge in [0.2, 0.25) is 0 Å². The van der Waals surface area contributed by atoms with Gasteiger partial charge in [0.15, 0.2) is 0 Å². The van der Waals surface area contributed by atoms with Gasteiger partial charge in [-0.15, -0.1) is 5.54 Å². The highest BCUT2D eigenvalue weighted by Gasteiger charge is 2.10. The lowest BCUT2D eigenvalue weighted by Crippen LogP contribution is -2.16. The Morgan fingerprint density at radius 3 is 2.05 bits per heavy atom. The second-order valence-electron chi connectivity index (χ2n) is 5.61. The number of benzene rings is 2. The van der Waals surface area contributed by atoms with E-state index < -0.39 is 8.07 Å². The van der Waals surface area contributed by atoms with Crippen LogP contribution in [0, 0.1) is 34.1 Å². The highest BCUT2D eigenvalue weighted by atomic mass is 28.3. The van der Waals surface area contributed by atoms with E-state index in [0.717, 1.165) is 10.9 Å². The highest BCUT2D eigenvalue weighted by Crippen LogP contribution is 2.25. The zero-order chi connectivity index (χ0) is 14.8. The maximum Gasteiger partial charge on any atom is 0.129 e. The van der Waals surface area contributed by atoms with Crippen molar-refractivity contribution in [3.63, 3.8) is 0 Å². The summed E-state index contributed by atoms with van der Waals surface area (Å²) in [5, 5.41) is 20.0. The van der Waals surface area contributed by atoms with Crippen molar-refractivity contribution >= 4 is 18.8 Å². The van der Waals surface area contributed by atoms with E-state index in [1.807, 2.05) is 18.2 Å². The van der Waals surface area contributed by atoms with Crippen molar-refractivity contribution in [1.82, 2.24) is 0 Å². The Morgan fingerprint density at radius 1 is 0.850 bits per heavy atom. The average molecular weight is 274 g/mol. The lowest BCUT2D eigenvalue weighted by atomic mass is 9.96. The van der Waals surface area contributed by atoms with Gasteiger partial charge in [-0.3, -0.25) is 0 Å². The molecule has 0 unspecified atom stereocenters. The molecule has 0 aliphatic rings. The predicted molar refractivity (Wildman–Crippen MR) is 83.6 cm³/mol. The van der Waals surface area contributed by atoms with Crippen LogP contribution in [0.5, 0.6) is 0 Å². The van der Waals surface area contributed by atoms with E-state index in [4.69, 9.17) is 0 Å². The van der Waals surface area contributed by atoms with Crippen LogP contribution < -0.4 is 0 Å². The molecule has 0 N–H and O–H groups in total. The van der Waals surface area contributed by atoms with Crippen LogP contribution in [0.2, 0.25) is 19.6 Å². The van der Waals surface area contributed by atoms with E-state index in [1.165, 1.54) is 0 Å². The molecule has 2 rings (SSSR count). The number of fused-ring (bicyclic) bond motifs is 1. The Hall–Kier alpha value is -2.54. The van der Waals surface area contributed by atoms with E-state index in [2.05, 4.69) is 43.2 Å². The fourth-order valence-electron chi connectivity index (χ4n) is 1.96. The SMILES string of the molecule is C[Si](C)(C)C#Cc1ccc(C#N)c2c(C#N)cccc12. The molecule has 0 spiro atoms. The third-order valence-corrected chi connectivity index (χ3v) is 3.73. The molecule has 0 aliphatic heterocycles. The Labute approximate surface area is 120 Å². The van der Waals surface area contributed by atoms with E-state index in [9.17, 15) is 10.5 Å². The van der Waals surface area contributed by atoms with Gasteiger partial charge in [0, 0.05) is 10.9 Å². The van der Waals surface area contributed by atoms with E-state index >= 15 is 0 Å². The van der Waals surface area contributed by atoms with Crippen molar-refractivity contribution in [3.8, 4) is 23.6 Å². The average Bonchev–Trinajstić information content (AvgIpc) is 2.43. The minimum Gasteiger partial charge on any atom is -0.192 e. The van der Waals surface area contributed by atoms with Crippen LogP contribution in [0.3, 0.4) is 0 Å². The van der Waals surface area contributed by atoms with Crippen molar-refractivity contribution in [2.75, 3.05) is 0 Å².